The molecule has 0 radical (unpaired) electrons. The lowest BCUT2D eigenvalue weighted by molar-refractivity contribution is -0.127. The summed E-state index contributed by atoms with van der Waals surface area (Å²) in [5.74, 6) is 9.26. The molecule has 4 aliphatic rings. The van der Waals surface area contributed by atoms with Crippen molar-refractivity contribution in [1.82, 2.24) is 0 Å². The van der Waals surface area contributed by atoms with Gasteiger partial charge in [0, 0.05) is 12.3 Å². The molecule has 24 heavy (non-hydrogen) atoms. The third-order valence-electron chi connectivity index (χ3n) is 8.37. The molecule has 2 N–H and O–H groups in total. The van der Waals surface area contributed by atoms with E-state index >= 15 is 0 Å². The maximum absolute atomic E-state index is 12.2. The number of hydrogen-bond acceptors (Lipinski definition) is 3. The highest BCUT2D eigenvalue weighted by Crippen LogP contribution is 2.66. The molecule has 4 aliphatic carbocycles. The lowest BCUT2D eigenvalue weighted by Gasteiger charge is -2.56. The van der Waals surface area contributed by atoms with Crippen LogP contribution in [-0.4, -0.2) is 5.78 Å². The van der Waals surface area contributed by atoms with Crippen LogP contribution < -0.4 is 5.90 Å². The van der Waals surface area contributed by atoms with Crippen molar-refractivity contribution < 1.29 is 9.63 Å². The van der Waals surface area contributed by atoms with E-state index in [0.29, 0.717) is 11.7 Å². The first-order valence-corrected chi connectivity index (χ1v) is 9.68. The van der Waals surface area contributed by atoms with Crippen LogP contribution in [0.1, 0.15) is 65.7 Å². The Labute approximate surface area is 145 Å². The van der Waals surface area contributed by atoms with Crippen LogP contribution in [-0.2, 0) is 9.63 Å². The fourth-order valence-electron chi connectivity index (χ4n) is 7.06. The van der Waals surface area contributed by atoms with Gasteiger partial charge in [-0.05, 0) is 85.7 Å². The second kappa shape index (κ2) is 5.45. The fraction of sp³-hybridized carbons (Fsp3) is 0.762. The summed E-state index contributed by atoms with van der Waals surface area (Å²) in [5.41, 5.74) is 1.95. The van der Waals surface area contributed by atoms with E-state index in [1.807, 2.05) is 6.92 Å². The zero-order valence-electron chi connectivity index (χ0n) is 15.3. The minimum absolute atomic E-state index is 0.241. The molecule has 0 aromatic rings. The number of nitrogens with two attached hydrogens (primary N) is 1. The van der Waals surface area contributed by atoms with E-state index in [4.69, 9.17) is 10.7 Å². The van der Waals surface area contributed by atoms with Crippen molar-refractivity contribution in [2.24, 2.45) is 40.4 Å². The van der Waals surface area contributed by atoms with Crippen LogP contribution in [0.4, 0.5) is 0 Å². The van der Waals surface area contributed by atoms with Crippen molar-refractivity contribution in [2.75, 3.05) is 0 Å². The summed E-state index contributed by atoms with van der Waals surface area (Å²) in [6.45, 7) is 6.68. The molecule has 0 saturated heterocycles. The summed E-state index contributed by atoms with van der Waals surface area (Å²) < 4.78 is 0. The van der Waals surface area contributed by atoms with Gasteiger partial charge in [-0.25, -0.2) is 0 Å². The Morgan fingerprint density at radius 3 is 2.71 bits per heavy atom. The number of ketones is 1. The molecule has 2 fully saturated rings. The van der Waals surface area contributed by atoms with Gasteiger partial charge >= 0.3 is 0 Å². The van der Waals surface area contributed by atoms with E-state index in [1.165, 1.54) is 24.8 Å². The van der Waals surface area contributed by atoms with Crippen LogP contribution >= 0.6 is 0 Å². The first-order valence-electron chi connectivity index (χ1n) is 9.68. The summed E-state index contributed by atoms with van der Waals surface area (Å²) in [6.07, 6.45) is 12.7. The quantitative estimate of drug-likeness (QED) is 0.757. The number of rotatable bonds is 2. The van der Waals surface area contributed by atoms with Crippen LogP contribution in [0.25, 0.3) is 0 Å². The zero-order chi connectivity index (χ0) is 17.1. The fourth-order valence-corrected chi connectivity index (χ4v) is 7.06. The highest BCUT2D eigenvalue weighted by Gasteiger charge is 2.58. The molecule has 6 unspecified atom stereocenters. The van der Waals surface area contributed by atoms with Gasteiger partial charge in [0.1, 0.15) is 11.5 Å². The lowest BCUT2D eigenvalue weighted by Crippen LogP contribution is -2.49. The summed E-state index contributed by atoms with van der Waals surface area (Å²) in [5, 5.41) is 0. The molecule has 3 heteroatoms. The molecule has 0 aromatic heterocycles. The Balaban J connectivity index is 1.68. The molecular formula is C21H31NO2. The van der Waals surface area contributed by atoms with Crippen molar-refractivity contribution in [1.29, 1.82) is 0 Å². The van der Waals surface area contributed by atoms with Gasteiger partial charge in [0.15, 0.2) is 0 Å². The number of carbonyl (C=O) groups is 1. The molecule has 0 heterocycles. The standard InChI is InChI=1S/C21H31NO2/c1-13(23)17-6-7-18-16-5-4-14-12-15(24-22)8-10-20(14,2)19(16)9-11-21(17,18)3/h4,12,16-19H,5-11,22H2,1-3H3. The minimum Gasteiger partial charge on any atom is -0.416 e. The van der Waals surface area contributed by atoms with Crippen molar-refractivity contribution in [3.05, 3.63) is 23.5 Å². The highest BCUT2D eigenvalue weighted by molar-refractivity contribution is 5.79. The summed E-state index contributed by atoms with van der Waals surface area (Å²) >= 11 is 0. The van der Waals surface area contributed by atoms with Crippen molar-refractivity contribution >= 4 is 5.78 Å². The maximum Gasteiger partial charge on any atom is 0.133 e. The molecule has 0 aromatic carbocycles. The second-order valence-electron chi connectivity index (χ2n) is 9.20. The van der Waals surface area contributed by atoms with Gasteiger partial charge < -0.3 is 4.84 Å². The Morgan fingerprint density at radius 2 is 2.00 bits per heavy atom. The Kier molecular flexibility index (Phi) is 3.72. The number of hydrogen-bond donors (Lipinski definition) is 1. The third kappa shape index (κ3) is 2.09. The van der Waals surface area contributed by atoms with E-state index in [-0.39, 0.29) is 10.8 Å². The van der Waals surface area contributed by atoms with Crippen molar-refractivity contribution in [3.63, 3.8) is 0 Å². The predicted octanol–water partition coefficient (Wildman–Crippen LogP) is 4.54. The maximum atomic E-state index is 12.2. The van der Waals surface area contributed by atoms with Gasteiger partial charge in [-0.2, -0.15) is 5.90 Å². The van der Waals surface area contributed by atoms with Crippen LogP contribution in [0.2, 0.25) is 0 Å². The number of Topliss-reactive ketones (excluding diaryl/α,β-unsaturated/α-hetero) is 1. The number of fused-ring (bicyclic) bond motifs is 5. The first-order chi connectivity index (χ1) is 11.4. The van der Waals surface area contributed by atoms with Gasteiger partial charge in [0.2, 0.25) is 0 Å². The molecule has 3 nitrogen and oxygen atoms in total. The van der Waals surface area contributed by atoms with E-state index in [1.54, 1.807) is 0 Å². The monoisotopic (exact) mass is 329 g/mol. The van der Waals surface area contributed by atoms with E-state index < -0.39 is 0 Å². The first kappa shape index (κ1) is 16.4. The molecule has 0 bridgehead atoms. The van der Waals surface area contributed by atoms with Gasteiger partial charge in [-0.15, -0.1) is 0 Å². The van der Waals surface area contributed by atoms with Gasteiger partial charge in [-0.1, -0.05) is 19.9 Å². The van der Waals surface area contributed by atoms with E-state index in [2.05, 4.69) is 26.0 Å². The van der Waals surface area contributed by atoms with Crippen LogP contribution in [0.3, 0.4) is 0 Å². The molecule has 0 spiro atoms. The smallest absolute Gasteiger partial charge is 0.133 e. The van der Waals surface area contributed by atoms with Crippen molar-refractivity contribution in [3.8, 4) is 0 Å². The Morgan fingerprint density at radius 1 is 1.21 bits per heavy atom. The SMILES string of the molecule is CC(=O)C1CCC2C3CC=C4C=C(ON)CCC4(C)C3CCC12C. The predicted molar refractivity (Wildman–Crippen MR) is 94.6 cm³/mol. The van der Waals surface area contributed by atoms with Gasteiger partial charge in [-0.3, -0.25) is 4.79 Å². The summed E-state index contributed by atoms with van der Waals surface area (Å²) in [6, 6.07) is 0. The van der Waals surface area contributed by atoms with Gasteiger partial charge in [0.05, 0.1) is 0 Å². The average Bonchev–Trinajstić information content (AvgIpc) is 2.91. The van der Waals surface area contributed by atoms with E-state index in [0.717, 1.165) is 49.2 Å². The molecule has 132 valence electrons. The van der Waals surface area contributed by atoms with Gasteiger partial charge in [0.25, 0.3) is 0 Å². The molecule has 0 aliphatic heterocycles. The van der Waals surface area contributed by atoms with E-state index in [9.17, 15) is 4.79 Å². The largest absolute Gasteiger partial charge is 0.416 e. The molecule has 6 atom stereocenters. The molecular weight excluding hydrogens is 298 g/mol. The third-order valence-corrected chi connectivity index (χ3v) is 8.37. The van der Waals surface area contributed by atoms with Crippen LogP contribution in [0.15, 0.2) is 23.5 Å². The Bertz CT molecular complexity index is 621. The van der Waals surface area contributed by atoms with Crippen LogP contribution in [0.5, 0.6) is 0 Å². The lowest BCUT2D eigenvalue weighted by atomic mass is 9.48. The van der Waals surface area contributed by atoms with Crippen molar-refractivity contribution in [2.45, 2.75) is 65.7 Å². The average molecular weight is 329 g/mol. The molecule has 0 amide bonds. The second-order valence-corrected chi connectivity index (χ2v) is 9.20. The number of carbonyl (C=O) groups excluding carboxylic acids is 1. The Hall–Kier alpha value is -1.09. The topological polar surface area (TPSA) is 52.3 Å². The molecule has 2 saturated carbocycles. The normalized spacial score (nSPS) is 47.0. The minimum atomic E-state index is 0.241. The summed E-state index contributed by atoms with van der Waals surface area (Å²) in [7, 11) is 0. The zero-order valence-corrected chi connectivity index (χ0v) is 15.3. The highest BCUT2D eigenvalue weighted by atomic mass is 16.6. The number of allylic oxidation sites excluding steroid dienone is 4. The van der Waals surface area contributed by atoms with Crippen LogP contribution in [0, 0.1) is 34.5 Å². The summed E-state index contributed by atoms with van der Waals surface area (Å²) in [4.78, 5) is 17.2. The molecule has 4 rings (SSSR count).